The van der Waals surface area contributed by atoms with Crippen LogP contribution in [0.4, 0.5) is 4.79 Å². The maximum absolute atomic E-state index is 11.7. The van der Waals surface area contributed by atoms with E-state index in [1.807, 2.05) is 11.4 Å². The molecule has 5 nitrogen and oxygen atoms in total. The van der Waals surface area contributed by atoms with Crippen LogP contribution in [0, 0.1) is 5.41 Å². The van der Waals surface area contributed by atoms with Crippen LogP contribution in [-0.4, -0.2) is 23.1 Å². The molecule has 1 atom stereocenters. The highest BCUT2D eigenvalue weighted by Crippen LogP contribution is 2.22. The molecule has 0 spiro atoms. The van der Waals surface area contributed by atoms with E-state index in [-0.39, 0.29) is 0 Å². The zero-order valence-electron chi connectivity index (χ0n) is 11.0. The van der Waals surface area contributed by atoms with Gasteiger partial charge in [-0.1, -0.05) is 20.8 Å². The Morgan fingerprint density at radius 2 is 2.11 bits per heavy atom. The fraction of sp³-hybridized carbons (Fsp3) is 0.500. The van der Waals surface area contributed by atoms with Gasteiger partial charge in [-0.15, -0.1) is 11.3 Å². The first kappa shape index (κ1) is 16.0. The molecule has 0 radical (unpaired) electrons. The van der Waals surface area contributed by atoms with Crippen LogP contribution in [0.3, 0.4) is 0 Å². The lowest BCUT2D eigenvalue weighted by atomic mass is 9.87. The summed E-state index contributed by atoms with van der Waals surface area (Å²) < 4.78 is 0.934. The van der Waals surface area contributed by atoms with Gasteiger partial charge >= 0.3 is 12.0 Å². The van der Waals surface area contributed by atoms with Gasteiger partial charge in [-0.2, -0.15) is 0 Å². The Balaban J connectivity index is 2.55. The number of aliphatic carboxylic acids is 1. The molecular formula is C12H17BrN2O3S. The number of rotatable bonds is 4. The normalized spacial score (nSPS) is 12.8. The van der Waals surface area contributed by atoms with Crippen molar-refractivity contribution in [3.8, 4) is 0 Å². The fourth-order valence-corrected chi connectivity index (χ4v) is 2.87. The molecule has 1 aromatic rings. The van der Waals surface area contributed by atoms with Gasteiger partial charge in [0.05, 0.1) is 6.54 Å². The van der Waals surface area contributed by atoms with Gasteiger partial charge in [0.2, 0.25) is 0 Å². The van der Waals surface area contributed by atoms with Crippen LogP contribution in [0.1, 0.15) is 25.6 Å². The monoisotopic (exact) mass is 348 g/mol. The molecular weight excluding hydrogens is 332 g/mol. The van der Waals surface area contributed by atoms with Gasteiger partial charge < -0.3 is 15.7 Å². The van der Waals surface area contributed by atoms with Gasteiger partial charge in [0.25, 0.3) is 0 Å². The lowest BCUT2D eigenvalue weighted by molar-refractivity contribution is -0.141. The molecule has 0 saturated heterocycles. The summed E-state index contributed by atoms with van der Waals surface area (Å²) in [5.41, 5.74) is -0.549. The molecule has 0 aliphatic heterocycles. The van der Waals surface area contributed by atoms with Crippen molar-refractivity contribution in [2.75, 3.05) is 0 Å². The Morgan fingerprint density at radius 1 is 1.47 bits per heavy atom. The molecule has 0 aromatic carbocycles. The number of hydrogen-bond acceptors (Lipinski definition) is 3. The van der Waals surface area contributed by atoms with Crippen LogP contribution in [0.5, 0.6) is 0 Å². The Bertz CT molecular complexity index is 468. The van der Waals surface area contributed by atoms with Crippen molar-refractivity contribution in [3.05, 3.63) is 20.8 Å². The van der Waals surface area contributed by atoms with Crippen molar-refractivity contribution < 1.29 is 14.7 Å². The average molecular weight is 349 g/mol. The van der Waals surface area contributed by atoms with Crippen LogP contribution in [0.2, 0.25) is 0 Å². The second kappa shape index (κ2) is 6.38. The molecule has 0 bridgehead atoms. The molecule has 0 aliphatic rings. The van der Waals surface area contributed by atoms with Gasteiger partial charge in [0.1, 0.15) is 6.04 Å². The van der Waals surface area contributed by atoms with Crippen LogP contribution in [0.25, 0.3) is 0 Å². The first-order valence-corrected chi connectivity index (χ1v) is 7.38. The highest BCUT2D eigenvalue weighted by Gasteiger charge is 2.32. The van der Waals surface area contributed by atoms with E-state index in [1.54, 1.807) is 20.8 Å². The summed E-state index contributed by atoms with van der Waals surface area (Å²) in [4.78, 5) is 23.8. The molecule has 3 N–H and O–H groups in total. The second-order valence-corrected chi connectivity index (χ2v) is 7.01. The standard InChI is InChI=1S/C12H17BrN2O3S/c1-12(2,3)9(10(16)17)15-11(18)14-6-8-7(13)4-5-19-8/h4-5,9H,6H2,1-3H3,(H,16,17)(H2,14,15,18)/t9-/m0/s1. The molecule has 2 amide bonds. The highest BCUT2D eigenvalue weighted by molar-refractivity contribution is 9.10. The number of halogens is 1. The molecule has 0 aliphatic carbocycles. The fourth-order valence-electron chi connectivity index (χ4n) is 1.44. The van der Waals surface area contributed by atoms with Crippen LogP contribution >= 0.6 is 27.3 Å². The summed E-state index contributed by atoms with van der Waals surface area (Å²) in [5.74, 6) is -1.04. The highest BCUT2D eigenvalue weighted by atomic mass is 79.9. The molecule has 1 rings (SSSR count). The summed E-state index contributed by atoms with van der Waals surface area (Å²) in [6.07, 6.45) is 0. The third-order valence-corrected chi connectivity index (χ3v) is 4.42. The SMILES string of the molecule is CC(C)(C)[C@@H](NC(=O)NCc1sccc1Br)C(=O)O. The number of carboxylic acid groups (broad SMARTS) is 1. The Labute approximate surface area is 124 Å². The second-order valence-electron chi connectivity index (χ2n) is 5.16. The van der Waals surface area contributed by atoms with Crippen molar-refractivity contribution in [1.29, 1.82) is 0 Å². The first-order chi connectivity index (χ1) is 8.71. The molecule has 106 valence electrons. The molecule has 0 fully saturated rings. The number of amides is 2. The summed E-state index contributed by atoms with van der Waals surface area (Å²) >= 11 is 4.88. The van der Waals surface area contributed by atoms with Crippen molar-refractivity contribution >= 4 is 39.3 Å². The lowest BCUT2D eigenvalue weighted by Gasteiger charge is -2.27. The molecule has 1 aromatic heterocycles. The van der Waals surface area contributed by atoms with Gasteiger partial charge in [0.15, 0.2) is 0 Å². The summed E-state index contributed by atoms with van der Waals surface area (Å²) in [7, 11) is 0. The van der Waals surface area contributed by atoms with Gasteiger partial charge in [-0.05, 0) is 32.8 Å². The molecule has 7 heteroatoms. The number of carboxylic acids is 1. The van der Waals surface area contributed by atoms with Gasteiger partial charge in [-0.3, -0.25) is 0 Å². The summed E-state index contributed by atoms with van der Waals surface area (Å²) in [5, 5.41) is 16.1. The van der Waals surface area contributed by atoms with Crippen LogP contribution in [0.15, 0.2) is 15.9 Å². The van der Waals surface area contributed by atoms with Crippen molar-refractivity contribution in [2.24, 2.45) is 5.41 Å². The zero-order chi connectivity index (χ0) is 14.6. The smallest absolute Gasteiger partial charge is 0.326 e. The molecule has 0 unspecified atom stereocenters. The van der Waals surface area contributed by atoms with Crippen molar-refractivity contribution in [3.63, 3.8) is 0 Å². The van der Waals surface area contributed by atoms with E-state index in [0.717, 1.165) is 9.35 Å². The minimum atomic E-state index is -1.04. The number of thiophene rings is 1. The maximum atomic E-state index is 11.7. The van der Waals surface area contributed by atoms with E-state index in [2.05, 4.69) is 26.6 Å². The van der Waals surface area contributed by atoms with Gasteiger partial charge in [-0.25, -0.2) is 9.59 Å². The minimum absolute atomic E-state index is 0.362. The largest absolute Gasteiger partial charge is 0.480 e. The van der Waals surface area contributed by atoms with Crippen molar-refractivity contribution in [1.82, 2.24) is 10.6 Å². The van der Waals surface area contributed by atoms with Crippen molar-refractivity contribution in [2.45, 2.75) is 33.4 Å². The van der Waals surface area contributed by atoms with E-state index in [0.29, 0.717) is 6.54 Å². The maximum Gasteiger partial charge on any atom is 0.326 e. The van der Waals surface area contributed by atoms with E-state index in [9.17, 15) is 9.59 Å². The predicted octanol–water partition coefficient (Wildman–Crippen LogP) is 2.81. The van der Waals surface area contributed by atoms with E-state index in [4.69, 9.17) is 5.11 Å². The number of carbonyl (C=O) groups is 2. The Morgan fingerprint density at radius 3 is 2.53 bits per heavy atom. The lowest BCUT2D eigenvalue weighted by Crippen LogP contribution is -2.52. The number of nitrogens with one attached hydrogen (secondary N) is 2. The quantitative estimate of drug-likeness (QED) is 0.782. The van der Waals surface area contributed by atoms with Crippen LogP contribution in [-0.2, 0) is 11.3 Å². The molecule has 19 heavy (non-hydrogen) atoms. The van der Waals surface area contributed by atoms with Gasteiger partial charge in [0, 0.05) is 9.35 Å². The predicted molar refractivity (Wildman–Crippen MR) is 78.3 cm³/mol. The van der Waals surface area contributed by atoms with E-state index < -0.39 is 23.5 Å². The average Bonchev–Trinajstić information content (AvgIpc) is 2.67. The summed E-state index contributed by atoms with van der Waals surface area (Å²) in [6.45, 7) is 5.66. The number of urea groups is 1. The number of hydrogen-bond donors (Lipinski definition) is 3. The molecule has 0 saturated carbocycles. The molecule has 1 heterocycles. The Kier molecular flexibility index (Phi) is 5.37. The van der Waals surface area contributed by atoms with E-state index >= 15 is 0 Å². The van der Waals surface area contributed by atoms with Crippen LogP contribution < -0.4 is 10.6 Å². The zero-order valence-corrected chi connectivity index (χ0v) is 13.4. The third-order valence-electron chi connectivity index (χ3n) is 2.49. The summed E-state index contributed by atoms with van der Waals surface area (Å²) in [6, 6.07) is 0.483. The number of carbonyl (C=O) groups excluding carboxylic acids is 1. The topological polar surface area (TPSA) is 78.4 Å². The third kappa shape index (κ3) is 4.83. The van der Waals surface area contributed by atoms with E-state index in [1.165, 1.54) is 11.3 Å². The Hall–Kier alpha value is -1.08. The minimum Gasteiger partial charge on any atom is -0.480 e. The first-order valence-electron chi connectivity index (χ1n) is 5.71.